The molecule has 12 heteroatoms. The Morgan fingerprint density at radius 3 is 2.00 bits per heavy atom. The van der Waals surface area contributed by atoms with E-state index in [4.69, 9.17) is 38.9 Å². The zero-order valence-electron chi connectivity index (χ0n) is 26.2. The molecular formula is C32H52N5O7. The average Bonchev–Trinajstić information content (AvgIpc) is 3.06. The number of rotatable bonds is 27. The molecule has 0 saturated carbocycles. The molecule has 1 saturated heterocycles. The number of hydrogen-bond acceptors (Lipinski definition) is 12. The van der Waals surface area contributed by atoms with E-state index >= 15 is 0 Å². The van der Waals surface area contributed by atoms with E-state index in [0.29, 0.717) is 85.8 Å². The van der Waals surface area contributed by atoms with E-state index in [-0.39, 0.29) is 0 Å². The predicted molar refractivity (Wildman–Crippen MR) is 169 cm³/mol. The zero-order valence-corrected chi connectivity index (χ0v) is 26.2. The Bertz CT molecular complexity index is 954. The van der Waals surface area contributed by atoms with Crippen molar-refractivity contribution in [3.05, 3.63) is 42.4 Å². The number of morpholine rings is 1. The van der Waals surface area contributed by atoms with Crippen molar-refractivity contribution in [2.45, 2.75) is 19.3 Å². The Balaban J connectivity index is 1.22. The van der Waals surface area contributed by atoms with Gasteiger partial charge >= 0.3 is 0 Å². The zero-order chi connectivity index (χ0) is 30.8. The summed E-state index contributed by atoms with van der Waals surface area (Å²) in [6.45, 7) is 12.7. The summed E-state index contributed by atoms with van der Waals surface area (Å²) < 4.78 is 38.5. The lowest BCUT2D eigenvalue weighted by atomic mass is 10.0. The van der Waals surface area contributed by atoms with Crippen molar-refractivity contribution in [3.8, 4) is 11.3 Å². The SMILES string of the molecule is NCCOCCOCCOCCOCCOCCOCCCc1[c]ncc(NCCCN2CCOCC2)c1-c1ccccn1. The number of pyridine rings is 2. The van der Waals surface area contributed by atoms with Gasteiger partial charge in [0, 0.05) is 44.5 Å². The number of nitrogens with two attached hydrogens (primary N) is 1. The fourth-order valence-electron chi connectivity index (χ4n) is 4.56. The highest BCUT2D eigenvalue weighted by Crippen LogP contribution is 2.30. The summed E-state index contributed by atoms with van der Waals surface area (Å²) in [7, 11) is 0. The molecule has 0 aromatic carbocycles. The summed E-state index contributed by atoms with van der Waals surface area (Å²) in [5.41, 5.74) is 9.39. The lowest BCUT2D eigenvalue weighted by Gasteiger charge is -2.26. The minimum absolute atomic E-state index is 0.523. The molecule has 0 spiro atoms. The van der Waals surface area contributed by atoms with Crippen molar-refractivity contribution in [2.24, 2.45) is 5.73 Å². The number of aromatic nitrogens is 2. The molecule has 3 heterocycles. The Morgan fingerprint density at radius 2 is 1.41 bits per heavy atom. The molecular weight excluding hydrogens is 566 g/mol. The first-order chi connectivity index (χ1) is 21.9. The molecule has 1 fully saturated rings. The molecule has 1 aliphatic rings. The van der Waals surface area contributed by atoms with Crippen LogP contribution in [0.4, 0.5) is 5.69 Å². The Kier molecular flexibility index (Phi) is 20.6. The molecule has 3 N–H and O–H groups in total. The molecule has 0 unspecified atom stereocenters. The van der Waals surface area contributed by atoms with Crippen molar-refractivity contribution < 1.29 is 33.2 Å². The molecule has 247 valence electrons. The quantitative estimate of drug-likeness (QED) is 0.142. The van der Waals surface area contributed by atoms with Crippen LogP contribution in [0.5, 0.6) is 0 Å². The van der Waals surface area contributed by atoms with Gasteiger partial charge in [-0.25, -0.2) is 0 Å². The van der Waals surface area contributed by atoms with Gasteiger partial charge in [-0.05, 0) is 43.5 Å². The fraction of sp³-hybridized carbons (Fsp3) is 0.688. The molecule has 1 aliphatic heterocycles. The minimum Gasteiger partial charge on any atom is -0.383 e. The van der Waals surface area contributed by atoms with Crippen molar-refractivity contribution >= 4 is 5.69 Å². The van der Waals surface area contributed by atoms with Gasteiger partial charge in [-0.1, -0.05) is 6.07 Å². The molecule has 0 atom stereocenters. The van der Waals surface area contributed by atoms with Crippen molar-refractivity contribution in [3.63, 3.8) is 0 Å². The van der Waals surface area contributed by atoms with Gasteiger partial charge in [-0.3, -0.25) is 14.9 Å². The largest absolute Gasteiger partial charge is 0.383 e. The smallest absolute Gasteiger partial charge is 0.0929 e. The number of aryl methyl sites for hydroxylation is 1. The van der Waals surface area contributed by atoms with Crippen LogP contribution in [0.25, 0.3) is 11.3 Å². The van der Waals surface area contributed by atoms with Gasteiger partial charge in [0.05, 0.1) is 110 Å². The van der Waals surface area contributed by atoms with Gasteiger partial charge in [0.15, 0.2) is 0 Å². The summed E-state index contributed by atoms with van der Waals surface area (Å²) in [6.07, 6.45) is 9.59. The second-order valence-electron chi connectivity index (χ2n) is 10.2. The first kappa shape index (κ1) is 36.2. The van der Waals surface area contributed by atoms with Gasteiger partial charge in [0.1, 0.15) is 0 Å². The molecule has 12 nitrogen and oxygen atoms in total. The molecule has 2 aromatic heterocycles. The van der Waals surface area contributed by atoms with Gasteiger partial charge in [-0.15, -0.1) is 0 Å². The number of hydrogen-bond donors (Lipinski definition) is 2. The Hall–Kier alpha value is -2.26. The van der Waals surface area contributed by atoms with Gasteiger partial charge < -0.3 is 44.2 Å². The molecule has 0 aliphatic carbocycles. The van der Waals surface area contributed by atoms with Crippen molar-refractivity contribution in [1.29, 1.82) is 0 Å². The van der Waals surface area contributed by atoms with Crippen LogP contribution in [0.3, 0.4) is 0 Å². The van der Waals surface area contributed by atoms with Crippen molar-refractivity contribution in [1.82, 2.24) is 14.9 Å². The topological polar surface area (TPSA) is 132 Å². The Morgan fingerprint density at radius 1 is 0.795 bits per heavy atom. The number of nitrogens with one attached hydrogen (secondary N) is 1. The Labute approximate surface area is 262 Å². The van der Waals surface area contributed by atoms with Crippen LogP contribution in [0, 0.1) is 6.20 Å². The third-order valence-electron chi connectivity index (χ3n) is 6.79. The second kappa shape index (κ2) is 25.0. The monoisotopic (exact) mass is 618 g/mol. The summed E-state index contributed by atoms with van der Waals surface area (Å²) >= 11 is 0. The van der Waals surface area contributed by atoms with E-state index in [9.17, 15) is 0 Å². The first-order valence-corrected chi connectivity index (χ1v) is 15.9. The van der Waals surface area contributed by atoms with Crippen LogP contribution in [-0.4, -0.2) is 140 Å². The third-order valence-corrected chi connectivity index (χ3v) is 6.79. The van der Waals surface area contributed by atoms with E-state index < -0.39 is 0 Å². The third kappa shape index (κ3) is 16.2. The minimum atomic E-state index is 0.523. The van der Waals surface area contributed by atoms with Gasteiger partial charge in [-0.2, -0.15) is 0 Å². The highest BCUT2D eigenvalue weighted by molar-refractivity contribution is 5.77. The van der Waals surface area contributed by atoms with E-state index in [1.165, 1.54) is 0 Å². The van der Waals surface area contributed by atoms with Gasteiger partial charge in [0.2, 0.25) is 0 Å². The van der Waals surface area contributed by atoms with E-state index in [0.717, 1.165) is 81.2 Å². The summed E-state index contributed by atoms with van der Waals surface area (Å²) in [5, 5.41) is 3.60. The molecule has 44 heavy (non-hydrogen) atoms. The van der Waals surface area contributed by atoms with Gasteiger partial charge in [0.25, 0.3) is 0 Å². The number of nitrogens with zero attached hydrogens (tertiary/aromatic N) is 3. The highest BCUT2D eigenvalue weighted by atomic mass is 16.6. The normalized spacial score (nSPS) is 13.8. The molecule has 1 radical (unpaired) electrons. The maximum Gasteiger partial charge on any atom is 0.0929 e. The van der Waals surface area contributed by atoms with E-state index in [2.05, 4.69) is 26.4 Å². The highest BCUT2D eigenvalue weighted by Gasteiger charge is 2.14. The summed E-state index contributed by atoms with van der Waals surface area (Å²) in [4.78, 5) is 11.5. The average molecular weight is 619 g/mol. The van der Waals surface area contributed by atoms with Crippen LogP contribution < -0.4 is 11.1 Å². The fourth-order valence-corrected chi connectivity index (χ4v) is 4.56. The second-order valence-corrected chi connectivity index (χ2v) is 10.2. The molecule has 2 aromatic rings. The van der Waals surface area contributed by atoms with Crippen LogP contribution >= 0.6 is 0 Å². The summed E-state index contributed by atoms with van der Waals surface area (Å²) in [6, 6.07) is 5.98. The van der Waals surface area contributed by atoms with Crippen LogP contribution in [0.15, 0.2) is 30.6 Å². The number of ether oxygens (including phenoxy) is 7. The van der Waals surface area contributed by atoms with E-state index in [1.54, 1.807) is 0 Å². The maximum atomic E-state index is 5.80. The predicted octanol–water partition coefficient (Wildman–Crippen LogP) is 2.07. The summed E-state index contributed by atoms with van der Waals surface area (Å²) in [5.74, 6) is 0. The molecule has 0 amide bonds. The lowest BCUT2D eigenvalue weighted by Crippen LogP contribution is -2.37. The van der Waals surface area contributed by atoms with Crippen molar-refractivity contribution in [2.75, 3.05) is 131 Å². The number of anilines is 1. The standard InChI is InChI=1S/C32H52N5O7/c33-7-14-39-18-20-42-22-24-44-26-25-43-23-21-41-19-17-38-13-3-5-29-27-34-28-31(32(29)30-6-1-2-8-35-30)36-9-4-10-37-11-15-40-16-12-37/h1-2,6,8,28,36H,3-5,7,9-26,33H2. The molecule has 3 rings (SSSR count). The maximum absolute atomic E-state index is 5.80. The first-order valence-electron chi connectivity index (χ1n) is 15.9. The van der Waals surface area contributed by atoms with E-state index in [1.807, 2.05) is 30.6 Å². The lowest BCUT2D eigenvalue weighted by molar-refractivity contribution is -0.0164. The van der Waals surface area contributed by atoms with Crippen LogP contribution in [0.2, 0.25) is 0 Å². The van der Waals surface area contributed by atoms with Crippen LogP contribution in [-0.2, 0) is 39.6 Å². The van der Waals surface area contributed by atoms with Crippen LogP contribution in [0.1, 0.15) is 18.4 Å². The molecule has 0 bridgehead atoms.